The number of nitrogens with one attached hydrogen (secondary N) is 2. The molecule has 1 rings (SSSR count). The third kappa shape index (κ3) is 3.36. The van der Waals surface area contributed by atoms with E-state index in [9.17, 15) is 0 Å². The summed E-state index contributed by atoms with van der Waals surface area (Å²) in [6, 6.07) is 0. The highest BCUT2D eigenvalue weighted by atomic mass is 15.3. The van der Waals surface area contributed by atoms with E-state index in [4.69, 9.17) is 5.84 Å². The number of nitrogen functional groups attached to an aromatic ring is 1. The van der Waals surface area contributed by atoms with Crippen LogP contribution in [0, 0.1) is 12.8 Å². The first-order valence-corrected chi connectivity index (χ1v) is 5.21. The molecule has 0 radical (unpaired) electrons. The Morgan fingerprint density at radius 2 is 2.27 bits per heavy atom. The number of aromatic nitrogens is 2. The lowest BCUT2D eigenvalue weighted by molar-refractivity contribution is 0.592. The van der Waals surface area contributed by atoms with E-state index in [0.717, 1.165) is 24.3 Å². The van der Waals surface area contributed by atoms with Crippen molar-refractivity contribution in [3.05, 3.63) is 11.8 Å². The van der Waals surface area contributed by atoms with Gasteiger partial charge in [0.05, 0.1) is 0 Å². The number of anilines is 2. The molecule has 0 aliphatic heterocycles. The molecule has 0 saturated carbocycles. The van der Waals surface area contributed by atoms with E-state index >= 15 is 0 Å². The molecular formula is C10H19N5. The minimum atomic E-state index is 0.437. The second kappa shape index (κ2) is 5.50. The first-order chi connectivity index (χ1) is 7.17. The summed E-state index contributed by atoms with van der Waals surface area (Å²) in [6.07, 6.45) is 2.90. The Labute approximate surface area is 90.5 Å². The van der Waals surface area contributed by atoms with Gasteiger partial charge in [0.15, 0.2) is 0 Å². The van der Waals surface area contributed by atoms with Gasteiger partial charge >= 0.3 is 0 Å². The zero-order valence-corrected chi connectivity index (χ0v) is 9.54. The van der Waals surface area contributed by atoms with Gasteiger partial charge in [-0.1, -0.05) is 20.3 Å². The van der Waals surface area contributed by atoms with E-state index in [1.54, 1.807) is 6.20 Å². The van der Waals surface area contributed by atoms with Crippen molar-refractivity contribution in [2.24, 2.45) is 11.8 Å². The Balaban J connectivity index is 2.66. The van der Waals surface area contributed by atoms with Crippen molar-refractivity contribution < 1.29 is 0 Å². The molecule has 84 valence electrons. The second-order valence-electron chi connectivity index (χ2n) is 3.76. The van der Waals surface area contributed by atoms with Crippen molar-refractivity contribution in [1.82, 2.24) is 9.97 Å². The van der Waals surface area contributed by atoms with Crippen molar-refractivity contribution in [2.75, 3.05) is 17.3 Å². The molecule has 1 aromatic heterocycles. The number of rotatable bonds is 5. The van der Waals surface area contributed by atoms with E-state index in [1.807, 2.05) is 6.92 Å². The van der Waals surface area contributed by atoms with Gasteiger partial charge in [-0.2, -0.15) is 4.98 Å². The van der Waals surface area contributed by atoms with Crippen LogP contribution in [-0.2, 0) is 0 Å². The molecule has 1 aromatic rings. The Hall–Kier alpha value is -1.36. The molecule has 5 heteroatoms. The van der Waals surface area contributed by atoms with Crippen molar-refractivity contribution in [3.63, 3.8) is 0 Å². The van der Waals surface area contributed by atoms with Gasteiger partial charge in [-0.3, -0.25) is 5.43 Å². The van der Waals surface area contributed by atoms with Crippen LogP contribution in [0.5, 0.6) is 0 Å². The molecular weight excluding hydrogens is 190 g/mol. The predicted octanol–water partition coefficient (Wildman–Crippen LogP) is 1.53. The molecule has 0 aliphatic rings. The van der Waals surface area contributed by atoms with Gasteiger partial charge in [-0.15, -0.1) is 0 Å². The number of hydrogen-bond acceptors (Lipinski definition) is 5. The highest BCUT2D eigenvalue weighted by molar-refractivity contribution is 5.45. The molecule has 0 aromatic carbocycles. The normalized spacial score (nSPS) is 12.3. The third-order valence-corrected chi connectivity index (χ3v) is 2.42. The molecule has 15 heavy (non-hydrogen) atoms. The van der Waals surface area contributed by atoms with Crippen LogP contribution in [0.2, 0.25) is 0 Å². The van der Waals surface area contributed by atoms with Gasteiger partial charge in [0.25, 0.3) is 0 Å². The van der Waals surface area contributed by atoms with Gasteiger partial charge in [-0.25, -0.2) is 10.8 Å². The molecule has 0 bridgehead atoms. The smallest absolute Gasteiger partial charge is 0.239 e. The van der Waals surface area contributed by atoms with Crippen LogP contribution >= 0.6 is 0 Å². The van der Waals surface area contributed by atoms with Crippen molar-refractivity contribution in [1.29, 1.82) is 0 Å². The van der Waals surface area contributed by atoms with Crippen LogP contribution in [0.15, 0.2) is 6.20 Å². The highest BCUT2D eigenvalue weighted by Crippen LogP contribution is 2.13. The zero-order valence-electron chi connectivity index (χ0n) is 9.54. The fraction of sp³-hybridized carbons (Fsp3) is 0.600. The van der Waals surface area contributed by atoms with Crippen LogP contribution in [0.1, 0.15) is 25.8 Å². The van der Waals surface area contributed by atoms with Crippen LogP contribution in [0.4, 0.5) is 11.8 Å². The molecule has 0 amide bonds. The van der Waals surface area contributed by atoms with E-state index in [0.29, 0.717) is 11.9 Å². The summed E-state index contributed by atoms with van der Waals surface area (Å²) < 4.78 is 0. The lowest BCUT2D eigenvalue weighted by Crippen LogP contribution is -2.15. The van der Waals surface area contributed by atoms with Gasteiger partial charge in [-0.05, 0) is 12.8 Å². The second-order valence-corrected chi connectivity index (χ2v) is 3.76. The summed E-state index contributed by atoms with van der Waals surface area (Å²) in [5.74, 6) is 7.16. The summed E-state index contributed by atoms with van der Waals surface area (Å²) in [4.78, 5) is 8.26. The molecule has 0 fully saturated rings. The largest absolute Gasteiger partial charge is 0.369 e. The summed E-state index contributed by atoms with van der Waals surface area (Å²) in [5, 5.41) is 3.29. The lowest BCUT2D eigenvalue weighted by atomic mass is 10.1. The molecule has 4 N–H and O–H groups in total. The quantitative estimate of drug-likeness (QED) is 0.506. The van der Waals surface area contributed by atoms with Gasteiger partial charge in [0, 0.05) is 18.3 Å². The SMILES string of the molecule is CCC(C)CNc1nc(NN)ncc1C. The maximum absolute atomic E-state index is 5.25. The fourth-order valence-corrected chi connectivity index (χ4v) is 1.11. The van der Waals surface area contributed by atoms with Crippen LogP contribution in [-0.4, -0.2) is 16.5 Å². The predicted molar refractivity (Wildman–Crippen MR) is 62.5 cm³/mol. The average Bonchev–Trinajstić information content (AvgIpc) is 2.27. The average molecular weight is 209 g/mol. The summed E-state index contributed by atoms with van der Waals surface area (Å²) in [7, 11) is 0. The first-order valence-electron chi connectivity index (χ1n) is 5.21. The number of nitrogens with zero attached hydrogens (tertiary/aromatic N) is 2. The van der Waals surface area contributed by atoms with E-state index in [1.165, 1.54) is 0 Å². The van der Waals surface area contributed by atoms with Crippen molar-refractivity contribution >= 4 is 11.8 Å². The van der Waals surface area contributed by atoms with Crippen molar-refractivity contribution in [3.8, 4) is 0 Å². The zero-order chi connectivity index (χ0) is 11.3. The lowest BCUT2D eigenvalue weighted by Gasteiger charge is -2.12. The molecule has 1 atom stereocenters. The van der Waals surface area contributed by atoms with Crippen LogP contribution in [0.3, 0.4) is 0 Å². The first kappa shape index (κ1) is 11.7. The highest BCUT2D eigenvalue weighted by Gasteiger charge is 2.04. The molecule has 5 nitrogen and oxygen atoms in total. The topological polar surface area (TPSA) is 75.9 Å². The molecule has 1 heterocycles. The van der Waals surface area contributed by atoms with Gasteiger partial charge in [0.2, 0.25) is 5.95 Å². The minimum absolute atomic E-state index is 0.437. The molecule has 0 aliphatic carbocycles. The van der Waals surface area contributed by atoms with E-state index in [-0.39, 0.29) is 0 Å². The maximum atomic E-state index is 5.25. The Morgan fingerprint density at radius 1 is 1.53 bits per heavy atom. The van der Waals surface area contributed by atoms with Crippen LogP contribution < -0.4 is 16.6 Å². The monoisotopic (exact) mass is 209 g/mol. The number of hydrogen-bond donors (Lipinski definition) is 3. The third-order valence-electron chi connectivity index (χ3n) is 2.42. The van der Waals surface area contributed by atoms with Crippen molar-refractivity contribution in [2.45, 2.75) is 27.2 Å². The number of hydrazine groups is 1. The van der Waals surface area contributed by atoms with Crippen LogP contribution in [0.25, 0.3) is 0 Å². The Kier molecular flexibility index (Phi) is 4.30. The van der Waals surface area contributed by atoms with Gasteiger partial charge < -0.3 is 5.32 Å². The molecule has 1 unspecified atom stereocenters. The fourth-order valence-electron chi connectivity index (χ4n) is 1.11. The Bertz CT molecular complexity index is 313. The standard InChI is InChI=1S/C10H19N5/c1-4-7(2)5-12-9-8(3)6-13-10(14-9)15-11/h6-7H,4-5,11H2,1-3H3,(H2,12,13,14,15). The minimum Gasteiger partial charge on any atom is -0.369 e. The van der Waals surface area contributed by atoms with E-state index < -0.39 is 0 Å². The summed E-state index contributed by atoms with van der Waals surface area (Å²) >= 11 is 0. The summed E-state index contributed by atoms with van der Waals surface area (Å²) in [6.45, 7) is 7.26. The van der Waals surface area contributed by atoms with Gasteiger partial charge in [0.1, 0.15) is 5.82 Å². The Morgan fingerprint density at radius 3 is 2.87 bits per heavy atom. The van der Waals surface area contributed by atoms with E-state index in [2.05, 4.69) is 34.6 Å². The molecule has 0 spiro atoms. The maximum Gasteiger partial charge on any atom is 0.239 e. The number of nitrogens with two attached hydrogens (primary N) is 1. The summed E-state index contributed by atoms with van der Waals surface area (Å²) in [5.41, 5.74) is 3.46. The number of aryl methyl sites for hydroxylation is 1. The molecule has 0 saturated heterocycles.